The summed E-state index contributed by atoms with van der Waals surface area (Å²) in [7, 11) is 0. The minimum atomic E-state index is -0.397. The number of hydrogen-bond acceptors (Lipinski definition) is 5. The van der Waals surface area contributed by atoms with Crippen LogP contribution in [0, 0.1) is 0 Å². The lowest BCUT2D eigenvalue weighted by atomic mass is 10.0. The fourth-order valence-electron chi connectivity index (χ4n) is 3.33. The molecular formula is C23H24N6O2. The van der Waals surface area contributed by atoms with Gasteiger partial charge in [0.25, 0.3) is 5.56 Å². The molecule has 0 unspecified atom stereocenters. The van der Waals surface area contributed by atoms with Gasteiger partial charge in [-0.05, 0) is 35.6 Å². The zero-order valence-electron chi connectivity index (χ0n) is 17.5. The zero-order chi connectivity index (χ0) is 21.8. The van der Waals surface area contributed by atoms with Gasteiger partial charge in [-0.1, -0.05) is 61.5 Å². The molecule has 0 aliphatic heterocycles. The van der Waals surface area contributed by atoms with E-state index in [1.54, 1.807) is 0 Å². The summed E-state index contributed by atoms with van der Waals surface area (Å²) in [6, 6.07) is 17.7. The van der Waals surface area contributed by atoms with E-state index in [0.29, 0.717) is 18.1 Å². The van der Waals surface area contributed by atoms with Gasteiger partial charge in [0.15, 0.2) is 11.2 Å². The van der Waals surface area contributed by atoms with E-state index in [-0.39, 0.29) is 18.0 Å². The molecule has 0 aliphatic rings. The third-order valence-corrected chi connectivity index (χ3v) is 5.13. The van der Waals surface area contributed by atoms with Crippen LogP contribution in [0.1, 0.15) is 30.9 Å². The second-order valence-electron chi connectivity index (χ2n) is 7.68. The predicted molar refractivity (Wildman–Crippen MR) is 118 cm³/mol. The van der Waals surface area contributed by atoms with Crippen LogP contribution in [0.25, 0.3) is 16.9 Å². The topological polar surface area (TPSA) is 94.7 Å². The highest BCUT2D eigenvalue weighted by atomic mass is 16.2. The van der Waals surface area contributed by atoms with Crippen molar-refractivity contribution in [2.45, 2.75) is 32.7 Å². The highest BCUT2D eigenvalue weighted by Gasteiger charge is 2.14. The van der Waals surface area contributed by atoms with Gasteiger partial charge in [-0.15, -0.1) is 5.10 Å². The van der Waals surface area contributed by atoms with E-state index >= 15 is 0 Å². The number of aromatic nitrogens is 5. The van der Waals surface area contributed by atoms with Crippen LogP contribution < -0.4 is 10.9 Å². The average molecular weight is 416 g/mol. The number of nitrogens with one attached hydrogen (secondary N) is 1. The van der Waals surface area contributed by atoms with E-state index in [2.05, 4.69) is 58.7 Å². The molecule has 0 radical (unpaired) electrons. The number of rotatable bonds is 7. The van der Waals surface area contributed by atoms with Crippen molar-refractivity contribution < 1.29 is 4.79 Å². The lowest BCUT2D eigenvalue weighted by Crippen LogP contribution is -2.33. The first kappa shape index (κ1) is 20.5. The van der Waals surface area contributed by atoms with Gasteiger partial charge in [0.1, 0.15) is 12.9 Å². The maximum atomic E-state index is 12.7. The summed E-state index contributed by atoms with van der Waals surface area (Å²) in [4.78, 5) is 29.3. The van der Waals surface area contributed by atoms with Crippen molar-refractivity contribution in [3.05, 3.63) is 82.4 Å². The Kier molecular flexibility index (Phi) is 5.88. The van der Waals surface area contributed by atoms with Crippen molar-refractivity contribution in [2.75, 3.05) is 6.54 Å². The maximum Gasteiger partial charge on any atom is 0.284 e. The maximum absolute atomic E-state index is 12.7. The normalized spacial score (nSPS) is 11.2. The van der Waals surface area contributed by atoms with Crippen LogP contribution in [-0.2, 0) is 17.8 Å². The number of carbonyl (C=O) groups excluding carboxylic acids is 1. The molecular weight excluding hydrogens is 392 g/mol. The molecule has 4 rings (SSSR count). The summed E-state index contributed by atoms with van der Waals surface area (Å²) >= 11 is 0. The first-order valence-corrected chi connectivity index (χ1v) is 10.2. The van der Waals surface area contributed by atoms with Gasteiger partial charge < -0.3 is 5.32 Å². The molecule has 0 aliphatic carbocycles. The van der Waals surface area contributed by atoms with E-state index in [0.717, 1.165) is 17.7 Å². The van der Waals surface area contributed by atoms with Crippen molar-refractivity contribution in [1.29, 1.82) is 0 Å². The Morgan fingerprint density at radius 3 is 2.52 bits per heavy atom. The molecule has 8 nitrogen and oxygen atoms in total. The Morgan fingerprint density at radius 2 is 1.81 bits per heavy atom. The van der Waals surface area contributed by atoms with Gasteiger partial charge in [-0.25, -0.2) is 4.98 Å². The largest absolute Gasteiger partial charge is 0.354 e. The van der Waals surface area contributed by atoms with E-state index in [1.165, 1.54) is 21.1 Å². The minimum absolute atomic E-state index is 0.119. The third kappa shape index (κ3) is 4.53. The number of fused-ring (bicyclic) bond motifs is 1. The minimum Gasteiger partial charge on any atom is -0.354 e. The van der Waals surface area contributed by atoms with Crippen molar-refractivity contribution in [3.63, 3.8) is 0 Å². The Balaban J connectivity index is 1.39. The van der Waals surface area contributed by atoms with E-state index < -0.39 is 5.56 Å². The monoisotopic (exact) mass is 416 g/mol. The van der Waals surface area contributed by atoms with Gasteiger partial charge in [-0.2, -0.15) is 4.68 Å². The van der Waals surface area contributed by atoms with Gasteiger partial charge in [0.05, 0.1) is 5.69 Å². The molecule has 4 aromatic rings. The fourth-order valence-corrected chi connectivity index (χ4v) is 3.33. The second-order valence-corrected chi connectivity index (χ2v) is 7.68. The summed E-state index contributed by atoms with van der Waals surface area (Å²) < 4.78 is 2.75. The van der Waals surface area contributed by atoms with Crippen molar-refractivity contribution in [1.82, 2.24) is 29.9 Å². The van der Waals surface area contributed by atoms with Crippen LogP contribution in [0.4, 0.5) is 0 Å². The smallest absolute Gasteiger partial charge is 0.284 e. The Bertz CT molecular complexity index is 1240. The van der Waals surface area contributed by atoms with Crippen molar-refractivity contribution in [2.24, 2.45) is 0 Å². The quantitative estimate of drug-likeness (QED) is 0.499. The first-order valence-electron chi connectivity index (χ1n) is 10.2. The number of nitrogens with zero attached hydrogens (tertiary/aromatic N) is 5. The molecule has 31 heavy (non-hydrogen) atoms. The zero-order valence-corrected chi connectivity index (χ0v) is 17.5. The summed E-state index contributed by atoms with van der Waals surface area (Å²) in [6.07, 6.45) is 2.08. The van der Waals surface area contributed by atoms with Crippen LogP contribution >= 0.6 is 0 Å². The molecule has 1 amide bonds. The number of hydrogen-bond donors (Lipinski definition) is 1. The van der Waals surface area contributed by atoms with Crippen LogP contribution in [0.15, 0.2) is 65.7 Å². The first-order chi connectivity index (χ1) is 15.0. The standard InChI is InChI=1S/C23H24N6O2/c1-16(2)18-10-8-17(9-11-18)12-13-24-20(30)14-28-15-25-22-21(23(28)31)26-27-29(22)19-6-4-3-5-7-19/h3-11,15-16H,12-14H2,1-2H3,(H,24,30). The van der Waals surface area contributed by atoms with E-state index in [1.807, 2.05) is 30.3 Å². The average Bonchev–Trinajstić information content (AvgIpc) is 3.21. The van der Waals surface area contributed by atoms with Crippen LogP contribution in [-0.4, -0.2) is 37.0 Å². The molecule has 0 saturated carbocycles. The van der Waals surface area contributed by atoms with E-state index in [9.17, 15) is 9.59 Å². The van der Waals surface area contributed by atoms with Crippen LogP contribution in [0.2, 0.25) is 0 Å². The fraction of sp³-hybridized carbons (Fsp3) is 0.261. The van der Waals surface area contributed by atoms with Gasteiger partial charge in [-0.3, -0.25) is 14.2 Å². The Hall–Kier alpha value is -3.81. The van der Waals surface area contributed by atoms with Gasteiger partial charge in [0.2, 0.25) is 5.91 Å². The molecule has 0 spiro atoms. The number of carbonyl (C=O) groups is 1. The van der Waals surface area contributed by atoms with Gasteiger partial charge >= 0.3 is 0 Å². The van der Waals surface area contributed by atoms with Crippen molar-refractivity contribution in [3.8, 4) is 5.69 Å². The molecule has 2 aromatic carbocycles. The molecule has 0 bridgehead atoms. The summed E-state index contributed by atoms with van der Waals surface area (Å²) in [6.45, 7) is 4.69. The molecule has 158 valence electrons. The summed E-state index contributed by atoms with van der Waals surface area (Å²) in [5.74, 6) is 0.241. The molecule has 8 heteroatoms. The van der Waals surface area contributed by atoms with Crippen molar-refractivity contribution >= 4 is 17.1 Å². The van der Waals surface area contributed by atoms with Crippen LogP contribution in [0.5, 0.6) is 0 Å². The summed E-state index contributed by atoms with van der Waals surface area (Å²) in [5, 5.41) is 10.9. The highest BCUT2D eigenvalue weighted by Crippen LogP contribution is 2.15. The SMILES string of the molecule is CC(C)c1ccc(CCNC(=O)Cn2cnc3c(nnn3-c3ccccc3)c2=O)cc1. The molecule has 0 saturated heterocycles. The third-order valence-electron chi connectivity index (χ3n) is 5.13. The van der Waals surface area contributed by atoms with Gasteiger partial charge in [0, 0.05) is 6.54 Å². The number of benzene rings is 2. The highest BCUT2D eigenvalue weighted by molar-refractivity contribution is 5.76. The Morgan fingerprint density at radius 1 is 1.06 bits per heavy atom. The van der Waals surface area contributed by atoms with E-state index in [4.69, 9.17) is 0 Å². The lowest BCUT2D eigenvalue weighted by Gasteiger charge is -2.09. The number of para-hydroxylation sites is 1. The molecule has 0 fully saturated rings. The molecule has 1 N–H and O–H groups in total. The molecule has 2 heterocycles. The lowest BCUT2D eigenvalue weighted by molar-refractivity contribution is -0.121. The molecule has 0 atom stereocenters. The molecule has 2 aromatic heterocycles. The summed E-state index contributed by atoms with van der Waals surface area (Å²) in [5.41, 5.74) is 3.30. The second kappa shape index (κ2) is 8.91. The number of amides is 1. The predicted octanol–water partition coefficient (Wildman–Crippen LogP) is 2.46. The van der Waals surface area contributed by atoms with Crippen LogP contribution in [0.3, 0.4) is 0 Å². The Labute approximate surface area is 179 Å².